The minimum atomic E-state index is -4.07. The normalized spacial score (nSPS) is 15.6. The molecule has 2 heterocycles. The van der Waals surface area contributed by atoms with Crippen molar-refractivity contribution in [1.82, 2.24) is 20.1 Å². The fraction of sp³-hybridized carbons (Fsp3) is 0.0968. The van der Waals surface area contributed by atoms with Gasteiger partial charge in [-0.2, -0.15) is 0 Å². The highest BCUT2D eigenvalue weighted by Crippen LogP contribution is 2.46. The Morgan fingerprint density at radius 1 is 0.902 bits per heavy atom. The number of carbonyl (C=O) groups is 2. The van der Waals surface area contributed by atoms with Gasteiger partial charge in [-0.3, -0.25) is 15.0 Å². The van der Waals surface area contributed by atoms with Crippen molar-refractivity contribution in [3.8, 4) is 11.3 Å². The first-order valence-corrected chi connectivity index (χ1v) is 14.8. The minimum absolute atomic E-state index is 0.0660. The van der Waals surface area contributed by atoms with Crippen LogP contribution in [-0.4, -0.2) is 36.2 Å². The molecule has 4 aromatic carbocycles. The molecule has 0 saturated carbocycles. The van der Waals surface area contributed by atoms with Gasteiger partial charge < -0.3 is 9.88 Å². The molecule has 1 aliphatic heterocycles. The van der Waals surface area contributed by atoms with Crippen LogP contribution in [0.4, 0.5) is 0 Å². The molecule has 3 N–H and O–H groups in total. The summed E-state index contributed by atoms with van der Waals surface area (Å²) in [6, 6.07) is 28.8. The van der Waals surface area contributed by atoms with Crippen LogP contribution >= 0.6 is 11.6 Å². The second-order valence-electron chi connectivity index (χ2n) is 9.75. The van der Waals surface area contributed by atoms with E-state index in [1.165, 1.54) is 29.2 Å². The number of amides is 2. The van der Waals surface area contributed by atoms with Crippen LogP contribution in [0.1, 0.15) is 34.5 Å². The fourth-order valence-electron chi connectivity index (χ4n) is 5.33. The highest BCUT2D eigenvalue weighted by molar-refractivity contribution is 7.89. The predicted molar refractivity (Wildman–Crippen MR) is 158 cm³/mol. The first kappa shape index (κ1) is 26.8. The number of rotatable bonds is 7. The molecule has 0 aliphatic carbocycles. The molecule has 206 valence electrons. The average molecular weight is 585 g/mol. The van der Waals surface area contributed by atoms with Gasteiger partial charge in [-0.15, -0.1) is 4.83 Å². The van der Waals surface area contributed by atoms with Crippen molar-refractivity contribution in [1.29, 1.82) is 0 Å². The molecule has 41 heavy (non-hydrogen) atoms. The standard InChI is InChI=1S/C31H25ClN4O4S/c1-19(30(37)34-35-41(39,40)22-17-15-21(32)16-18-22)36-29(23-11-5-6-12-24(23)31(36)38)27-25-13-7-8-14-26(25)33-28(27)20-9-3-2-4-10-20/h2-19,29,33,35H,1H3,(H,34,37). The van der Waals surface area contributed by atoms with Crippen LogP contribution < -0.4 is 10.3 Å². The van der Waals surface area contributed by atoms with E-state index in [0.29, 0.717) is 10.6 Å². The number of nitrogens with zero attached hydrogens (tertiary/aromatic N) is 1. The molecule has 0 fully saturated rings. The van der Waals surface area contributed by atoms with Crippen LogP contribution in [0, 0.1) is 0 Å². The zero-order valence-corrected chi connectivity index (χ0v) is 23.4. The third-order valence-corrected chi connectivity index (χ3v) is 8.83. The maximum absolute atomic E-state index is 13.9. The molecule has 1 aromatic heterocycles. The fourth-order valence-corrected chi connectivity index (χ4v) is 6.30. The number of aromatic nitrogens is 1. The van der Waals surface area contributed by atoms with E-state index in [-0.39, 0.29) is 10.8 Å². The Labute approximate surface area is 242 Å². The number of aromatic amines is 1. The molecule has 0 bridgehead atoms. The number of nitrogens with one attached hydrogen (secondary N) is 3. The Balaban J connectivity index is 1.40. The molecule has 10 heteroatoms. The summed E-state index contributed by atoms with van der Waals surface area (Å²) in [7, 11) is -4.07. The molecule has 0 radical (unpaired) electrons. The number of sulfonamides is 1. The van der Waals surface area contributed by atoms with E-state index < -0.39 is 28.0 Å². The molecule has 0 spiro atoms. The highest BCUT2D eigenvalue weighted by atomic mass is 35.5. The van der Waals surface area contributed by atoms with Crippen LogP contribution in [0.5, 0.6) is 0 Å². The SMILES string of the molecule is CC(C(=O)NNS(=O)(=O)c1ccc(Cl)cc1)N1C(=O)c2ccccc2C1c1c(-c2ccccc2)[nH]c2ccccc12. The van der Waals surface area contributed by atoms with E-state index >= 15 is 0 Å². The number of hydrogen-bond acceptors (Lipinski definition) is 4. The van der Waals surface area contributed by atoms with Gasteiger partial charge in [0, 0.05) is 27.1 Å². The lowest BCUT2D eigenvalue weighted by molar-refractivity contribution is -0.126. The van der Waals surface area contributed by atoms with Gasteiger partial charge in [-0.25, -0.2) is 8.42 Å². The Morgan fingerprint density at radius 3 is 2.32 bits per heavy atom. The van der Waals surface area contributed by atoms with Gasteiger partial charge in [0.2, 0.25) is 0 Å². The van der Waals surface area contributed by atoms with Crippen molar-refractivity contribution in [2.75, 3.05) is 0 Å². The molecular formula is C31H25ClN4O4S. The maximum atomic E-state index is 13.9. The molecule has 2 unspecified atom stereocenters. The lowest BCUT2D eigenvalue weighted by Crippen LogP contribution is -2.52. The molecule has 5 aromatic rings. The van der Waals surface area contributed by atoms with Crippen molar-refractivity contribution in [2.45, 2.75) is 23.9 Å². The van der Waals surface area contributed by atoms with E-state index in [9.17, 15) is 18.0 Å². The second-order valence-corrected chi connectivity index (χ2v) is 11.9. The van der Waals surface area contributed by atoms with Crippen molar-refractivity contribution in [3.63, 3.8) is 0 Å². The molecule has 1 aliphatic rings. The van der Waals surface area contributed by atoms with Gasteiger partial charge in [-0.1, -0.05) is 78.3 Å². The second kappa shape index (κ2) is 10.5. The third-order valence-electron chi connectivity index (χ3n) is 7.31. The molecule has 2 amide bonds. The number of H-pyrrole nitrogens is 1. The van der Waals surface area contributed by atoms with Gasteiger partial charge in [0.1, 0.15) is 6.04 Å². The Bertz CT molecular complexity index is 1890. The number of carbonyl (C=O) groups excluding carboxylic acids is 2. The van der Waals surface area contributed by atoms with Gasteiger partial charge in [0.25, 0.3) is 21.8 Å². The zero-order chi connectivity index (χ0) is 28.7. The van der Waals surface area contributed by atoms with Crippen LogP contribution in [0.25, 0.3) is 22.2 Å². The zero-order valence-electron chi connectivity index (χ0n) is 21.8. The highest BCUT2D eigenvalue weighted by Gasteiger charge is 2.44. The third kappa shape index (κ3) is 4.78. The van der Waals surface area contributed by atoms with Gasteiger partial charge in [0.05, 0.1) is 16.6 Å². The predicted octanol–water partition coefficient (Wildman–Crippen LogP) is 5.43. The van der Waals surface area contributed by atoms with Crippen LogP contribution in [0.3, 0.4) is 0 Å². The Kier molecular flexibility index (Phi) is 6.86. The van der Waals surface area contributed by atoms with Gasteiger partial charge >= 0.3 is 0 Å². The summed E-state index contributed by atoms with van der Waals surface area (Å²) in [6.45, 7) is 1.58. The van der Waals surface area contributed by atoms with E-state index in [0.717, 1.165) is 33.3 Å². The number of para-hydroxylation sites is 1. The molecule has 6 rings (SSSR count). The molecule has 0 saturated heterocycles. The summed E-state index contributed by atoms with van der Waals surface area (Å²) in [5.74, 6) is -1.01. The van der Waals surface area contributed by atoms with Gasteiger partial charge in [0.15, 0.2) is 0 Å². The quantitative estimate of drug-likeness (QED) is 0.221. The van der Waals surface area contributed by atoms with Crippen molar-refractivity contribution >= 4 is 44.3 Å². The molecular weight excluding hydrogens is 560 g/mol. The molecule has 8 nitrogen and oxygen atoms in total. The van der Waals surface area contributed by atoms with Crippen molar-refractivity contribution in [2.24, 2.45) is 0 Å². The van der Waals surface area contributed by atoms with Crippen molar-refractivity contribution in [3.05, 3.63) is 125 Å². The number of fused-ring (bicyclic) bond motifs is 2. The summed E-state index contributed by atoms with van der Waals surface area (Å²) < 4.78 is 25.6. The maximum Gasteiger partial charge on any atom is 0.257 e. The summed E-state index contributed by atoms with van der Waals surface area (Å²) >= 11 is 5.87. The topological polar surface area (TPSA) is 111 Å². The van der Waals surface area contributed by atoms with Crippen LogP contribution in [0.2, 0.25) is 5.02 Å². The van der Waals surface area contributed by atoms with Crippen LogP contribution in [0.15, 0.2) is 108 Å². The largest absolute Gasteiger partial charge is 0.354 e. The number of hydrazine groups is 1. The smallest absolute Gasteiger partial charge is 0.257 e. The Morgan fingerprint density at radius 2 is 1.56 bits per heavy atom. The average Bonchev–Trinajstić information content (AvgIpc) is 3.51. The first-order chi connectivity index (χ1) is 19.8. The summed E-state index contributed by atoms with van der Waals surface area (Å²) in [6.07, 6.45) is 0. The first-order valence-electron chi connectivity index (χ1n) is 12.9. The van der Waals surface area contributed by atoms with Crippen LogP contribution in [-0.2, 0) is 14.8 Å². The lowest BCUT2D eigenvalue weighted by atomic mass is 9.92. The molecule has 2 atom stereocenters. The van der Waals surface area contributed by atoms with Gasteiger partial charge in [-0.05, 0) is 54.4 Å². The summed E-state index contributed by atoms with van der Waals surface area (Å²) in [5, 5.41) is 1.30. The number of benzene rings is 4. The van der Waals surface area contributed by atoms with Crippen molar-refractivity contribution < 1.29 is 18.0 Å². The monoisotopic (exact) mass is 584 g/mol. The van der Waals surface area contributed by atoms with E-state index in [4.69, 9.17) is 11.6 Å². The summed E-state index contributed by atoms with van der Waals surface area (Å²) in [5.41, 5.74) is 7.07. The van der Waals surface area contributed by atoms with E-state index in [1.807, 2.05) is 66.7 Å². The minimum Gasteiger partial charge on any atom is -0.354 e. The van der Waals surface area contributed by atoms with E-state index in [2.05, 4.69) is 15.2 Å². The van der Waals surface area contributed by atoms with E-state index in [1.54, 1.807) is 19.1 Å². The Hall–Kier alpha value is -4.44. The number of hydrogen-bond donors (Lipinski definition) is 3. The lowest BCUT2D eigenvalue weighted by Gasteiger charge is -2.31. The number of halogens is 1. The summed E-state index contributed by atoms with van der Waals surface area (Å²) in [4.78, 5) is 34.4.